The van der Waals surface area contributed by atoms with Gasteiger partial charge in [0.05, 0.1) is 22.5 Å². The molecule has 45 heavy (non-hydrogen) atoms. The summed E-state index contributed by atoms with van der Waals surface area (Å²) in [6.45, 7) is 11.1. The third kappa shape index (κ3) is 6.72. The first-order valence-corrected chi connectivity index (χ1v) is 17.3. The number of amides is 2. The third-order valence-corrected chi connectivity index (χ3v) is 11.3. The number of rotatable bonds is 10. The lowest BCUT2D eigenvalue weighted by molar-refractivity contribution is -0.126. The zero-order valence-corrected chi connectivity index (χ0v) is 27.2. The molecule has 9 nitrogen and oxygen atoms in total. The normalized spacial score (nSPS) is 20.6. The first-order valence-electron chi connectivity index (χ1n) is 15.7. The summed E-state index contributed by atoms with van der Waals surface area (Å²) >= 11 is 0. The van der Waals surface area contributed by atoms with Gasteiger partial charge in [0.2, 0.25) is 15.9 Å². The van der Waals surface area contributed by atoms with Gasteiger partial charge in [-0.15, -0.1) is 0 Å². The maximum Gasteiger partial charge on any atom is 0.253 e. The van der Waals surface area contributed by atoms with Gasteiger partial charge in [0.25, 0.3) is 5.91 Å². The number of hydrogen-bond donors (Lipinski definition) is 3. The minimum Gasteiger partial charge on any atom is -0.382 e. The van der Waals surface area contributed by atoms with Gasteiger partial charge < -0.3 is 21.3 Å². The second-order valence-electron chi connectivity index (χ2n) is 13.1. The van der Waals surface area contributed by atoms with Gasteiger partial charge in [-0.05, 0) is 86.5 Å². The van der Waals surface area contributed by atoms with E-state index in [1.807, 2.05) is 13.8 Å². The predicted octanol–water partition coefficient (Wildman–Crippen LogP) is 4.87. The SMILES string of the molecule is CCN(CC)CCNC(=O)C1CCC(Nc2cc(-c3c4n(c5cc(F)ccc35)S(=O)(=O)CC(C)(C)C4)cc(F)c2C(N)=O)CC1. The Hall–Kier alpha value is -3.51. The summed E-state index contributed by atoms with van der Waals surface area (Å²) in [5.41, 5.74) is 6.41. The van der Waals surface area contributed by atoms with Crippen molar-refractivity contribution in [2.75, 3.05) is 37.2 Å². The van der Waals surface area contributed by atoms with Gasteiger partial charge in [-0.2, -0.15) is 0 Å². The van der Waals surface area contributed by atoms with E-state index in [-0.39, 0.29) is 40.4 Å². The van der Waals surface area contributed by atoms with Crippen molar-refractivity contribution in [3.63, 3.8) is 0 Å². The third-order valence-electron chi connectivity index (χ3n) is 9.18. The molecule has 4 N–H and O–H groups in total. The summed E-state index contributed by atoms with van der Waals surface area (Å²) in [6.07, 6.45) is 2.90. The average molecular weight is 644 g/mol. The van der Waals surface area contributed by atoms with Crippen LogP contribution < -0.4 is 16.4 Å². The van der Waals surface area contributed by atoms with Crippen LogP contribution in [0.3, 0.4) is 0 Å². The summed E-state index contributed by atoms with van der Waals surface area (Å²) in [5, 5.41) is 6.83. The van der Waals surface area contributed by atoms with Crippen LogP contribution in [0.4, 0.5) is 14.5 Å². The van der Waals surface area contributed by atoms with E-state index in [1.54, 1.807) is 6.07 Å². The summed E-state index contributed by atoms with van der Waals surface area (Å²) in [6, 6.07) is 6.63. The molecule has 12 heteroatoms. The molecule has 0 unspecified atom stereocenters. The molecule has 2 amide bonds. The van der Waals surface area contributed by atoms with Crippen LogP contribution in [-0.4, -0.2) is 67.1 Å². The molecule has 2 aromatic carbocycles. The van der Waals surface area contributed by atoms with Crippen LogP contribution in [0, 0.1) is 23.0 Å². The Kier molecular flexibility index (Phi) is 9.28. The fourth-order valence-corrected chi connectivity index (χ4v) is 9.17. The summed E-state index contributed by atoms with van der Waals surface area (Å²) < 4.78 is 58.2. The van der Waals surface area contributed by atoms with Gasteiger partial charge in [-0.1, -0.05) is 27.7 Å². The van der Waals surface area contributed by atoms with Crippen LogP contribution in [0.15, 0.2) is 30.3 Å². The van der Waals surface area contributed by atoms with Gasteiger partial charge in [0, 0.05) is 41.7 Å². The highest BCUT2D eigenvalue weighted by Gasteiger charge is 2.39. The molecule has 3 aromatic rings. The second-order valence-corrected chi connectivity index (χ2v) is 14.9. The molecular formula is C33H43F2N5O4S. The molecule has 0 atom stereocenters. The van der Waals surface area contributed by atoms with Crippen molar-refractivity contribution in [3.8, 4) is 11.1 Å². The van der Waals surface area contributed by atoms with E-state index in [9.17, 15) is 22.4 Å². The first-order chi connectivity index (χ1) is 21.2. The highest BCUT2D eigenvalue weighted by molar-refractivity contribution is 7.90. The number of likely N-dealkylation sites (N-methyl/N-ethyl adjacent to an activating group) is 1. The minimum atomic E-state index is -3.84. The predicted molar refractivity (Wildman–Crippen MR) is 173 cm³/mol. The number of carbonyl (C=O) groups excluding carboxylic acids is 2. The number of hydrogen-bond acceptors (Lipinski definition) is 6. The Balaban J connectivity index is 1.44. The fraction of sp³-hybridized carbons (Fsp3) is 0.515. The number of carbonyl (C=O) groups is 2. The molecule has 1 aromatic heterocycles. The van der Waals surface area contributed by atoms with Gasteiger partial charge in [-0.25, -0.2) is 21.2 Å². The maximum absolute atomic E-state index is 15.7. The molecule has 0 saturated heterocycles. The lowest BCUT2D eigenvalue weighted by Crippen LogP contribution is -2.39. The standard InChI is InChI=1S/C33H43F2N5O4S/c1-5-39(6-2)14-13-37-32(42)20-7-10-23(11-8-20)38-26-16-21(15-25(35)30(26)31(36)41)29-24-12-9-22(34)17-27(24)40-28(29)18-33(3,4)19-45(40,43)44/h9,12,15-17,20,23,38H,5-8,10-11,13-14,18-19H2,1-4H3,(H2,36,41)(H,37,42). The molecule has 1 aliphatic heterocycles. The van der Waals surface area contributed by atoms with Crippen molar-refractivity contribution in [1.29, 1.82) is 0 Å². The molecule has 0 radical (unpaired) electrons. The largest absolute Gasteiger partial charge is 0.382 e. The number of aromatic nitrogens is 1. The lowest BCUT2D eigenvalue weighted by atomic mass is 9.85. The minimum absolute atomic E-state index is 0.0335. The molecule has 2 heterocycles. The summed E-state index contributed by atoms with van der Waals surface area (Å²) in [5.74, 6) is -2.56. The summed E-state index contributed by atoms with van der Waals surface area (Å²) in [4.78, 5) is 27.5. The number of fused-ring (bicyclic) bond motifs is 3. The Morgan fingerprint density at radius 2 is 1.76 bits per heavy atom. The Morgan fingerprint density at radius 3 is 2.40 bits per heavy atom. The van der Waals surface area contributed by atoms with E-state index in [1.165, 1.54) is 28.2 Å². The number of nitrogens with zero attached hydrogens (tertiary/aromatic N) is 2. The highest BCUT2D eigenvalue weighted by Crippen LogP contribution is 2.44. The fourth-order valence-electron chi connectivity index (χ4n) is 7.01. The van der Waals surface area contributed by atoms with Crippen molar-refractivity contribution in [2.45, 2.75) is 65.8 Å². The number of nitrogens with two attached hydrogens (primary N) is 1. The molecule has 0 spiro atoms. The van der Waals surface area contributed by atoms with Crippen molar-refractivity contribution < 1.29 is 26.8 Å². The Bertz CT molecular complexity index is 1720. The maximum atomic E-state index is 15.7. The van der Waals surface area contributed by atoms with Crippen LogP contribution in [0.2, 0.25) is 0 Å². The van der Waals surface area contributed by atoms with E-state index < -0.39 is 33.0 Å². The number of primary amides is 1. The van der Waals surface area contributed by atoms with E-state index in [0.29, 0.717) is 60.9 Å². The molecule has 5 rings (SSSR count). The Morgan fingerprint density at radius 1 is 1.07 bits per heavy atom. The molecule has 1 fully saturated rings. The molecular weight excluding hydrogens is 600 g/mol. The number of halogens is 2. The average Bonchev–Trinajstić information content (AvgIpc) is 3.27. The van der Waals surface area contributed by atoms with Gasteiger partial charge >= 0.3 is 0 Å². The van der Waals surface area contributed by atoms with Crippen LogP contribution in [0.25, 0.3) is 22.0 Å². The number of benzene rings is 2. The molecule has 2 aliphatic rings. The smallest absolute Gasteiger partial charge is 0.253 e. The van der Waals surface area contributed by atoms with Crippen molar-refractivity contribution in [3.05, 3.63) is 53.2 Å². The van der Waals surface area contributed by atoms with Gasteiger partial charge in [-0.3, -0.25) is 9.59 Å². The first kappa shape index (κ1) is 32.9. The van der Waals surface area contributed by atoms with Crippen LogP contribution in [-0.2, 0) is 21.2 Å². The summed E-state index contributed by atoms with van der Waals surface area (Å²) in [7, 11) is -3.84. The topological polar surface area (TPSA) is 127 Å². The van der Waals surface area contributed by atoms with E-state index in [2.05, 4.69) is 29.4 Å². The van der Waals surface area contributed by atoms with Gasteiger partial charge in [0.1, 0.15) is 11.6 Å². The van der Waals surface area contributed by atoms with Crippen molar-refractivity contribution in [2.24, 2.45) is 17.1 Å². The van der Waals surface area contributed by atoms with E-state index in [0.717, 1.165) is 19.6 Å². The van der Waals surface area contributed by atoms with Crippen LogP contribution >= 0.6 is 0 Å². The van der Waals surface area contributed by atoms with Crippen molar-refractivity contribution >= 4 is 38.4 Å². The number of anilines is 1. The van der Waals surface area contributed by atoms with Crippen LogP contribution in [0.5, 0.6) is 0 Å². The Labute approximate surface area is 263 Å². The van der Waals surface area contributed by atoms with E-state index >= 15 is 4.39 Å². The highest BCUT2D eigenvalue weighted by atomic mass is 32.2. The monoisotopic (exact) mass is 643 g/mol. The van der Waals surface area contributed by atoms with Crippen LogP contribution in [0.1, 0.15) is 69.4 Å². The van der Waals surface area contributed by atoms with Crippen molar-refractivity contribution in [1.82, 2.24) is 14.2 Å². The van der Waals surface area contributed by atoms with Gasteiger partial charge in [0.15, 0.2) is 0 Å². The molecule has 1 saturated carbocycles. The number of nitrogens with one attached hydrogen (secondary N) is 2. The lowest BCUT2D eigenvalue weighted by Gasteiger charge is -2.32. The second kappa shape index (κ2) is 12.7. The zero-order chi connectivity index (χ0) is 32.7. The quantitative estimate of drug-likeness (QED) is 0.289. The molecule has 1 aliphatic carbocycles. The van der Waals surface area contributed by atoms with E-state index in [4.69, 9.17) is 5.73 Å². The molecule has 0 bridgehead atoms. The zero-order valence-electron chi connectivity index (χ0n) is 26.4. The molecule has 244 valence electrons.